The Hall–Kier alpha value is -1.44. The second-order valence-electron chi connectivity index (χ2n) is 2.45. The molecule has 0 aromatic carbocycles. The maximum atomic E-state index is 10.7. The number of nitrogens with zero attached hydrogens (tertiary/aromatic N) is 1. The summed E-state index contributed by atoms with van der Waals surface area (Å²) in [5, 5.41) is 4.21. The molecule has 13 heavy (non-hydrogen) atoms. The van der Waals surface area contributed by atoms with E-state index in [4.69, 9.17) is 0 Å². The molecule has 1 heterocycles. The molecule has 0 radical (unpaired) electrons. The molecule has 1 rings (SSSR count). The normalized spacial score (nSPS) is 17.8. The van der Waals surface area contributed by atoms with Gasteiger partial charge in [0.05, 0.1) is 6.26 Å². The average Bonchev–Trinajstić information content (AvgIpc) is 1.78. The van der Waals surface area contributed by atoms with E-state index in [1.807, 2.05) is 0 Å². The van der Waals surface area contributed by atoms with Crippen LogP contribution in [0.2, 0.25) is 0 Å². The average molecular weight is 205 g/mol. The zero-order chi connectivity index (χ0) is 10.1. The molecule has 1 aliphatic heterocycles. The van der Waals surface area contributed by atoms with E-state index in [9.17, 15) is 18.0 Å². The van der Waals surface area contributed by atoms with Crippen LogP contribution in [-0.2, 0) is 19.6 Å². The van der Waals surface area contributed by atoms with E-state index in [2.05, 4.69) is 15.0 Å². The minimum atomic E-state index is -3.61. The number of carbonyl (C=O) groups is 2. The smallest absolute Gasteiger partial charge is 0.253 e. The lowest BCUT2D eigenvalue weighted by molar-refractivity contribution is -0.129. The standard InChI is InChI=1S/C5H7N3O4S/c1-13(11,12)8-5-6-3(9)2-4(10)7-5/h2H2,1H3,(H2,6,7,8,9,10). The Balaban J connectivity index is 2.89. The fraction of sp³-hybridized carbons (Fsp3) is 0.400. The van der Waals surface area contributed by atoms with E-state index >= 15 is 0 Å². The molecular formula is C5H7N3O4S. The third kappa shape index (κ3) is 3.20. The van der Waals surface area contributed by atoms with Gasteiger partial charge in [-0.1, -0.05) is 0 Å². The molecule has 0 unspecified atom stereocenters. The summed E-state index contributed by atoms with van der Waals surface area (Å²) in [5.41, 5.74) is 0. The van der Waals surface area contributed by atoms with Gasteiger partial charge in [-0.3, -0.25) is 20.2 Å². The number of nitrogens with one attached hydrogen (secondary N) is 2. The van der Waals surface area contributed by atoms with Crippen molar-refractivity contribution in [2.75, 3.05) is 6.26 Å². The van der Waals surface area contributed by atoms with Gasteiger partial charge in [0.25, 0.3) is 10.0 Å². The molecule has 8 heteroatoms. The van der Waals surface area contributed by atoms with E-state index in [-0.39, 0.29) is 12.4 Å². The van der Waals surface area contributed by atoms with Crippen molar-refractivity contribution in [3.8, 4) is 0 Å². The van der Waals surface area contributed by atoms with Crippen molar-refractivity contribution in [1.82, 2.24) is 10.6 Å². The number of carbonyl (C=O) groups excluding carboxylic acids is 2. The molecule has 1 saturated heterocycles. The highest BCUT2D eigenvalue weighted by Gasteiger charge is 2.20. The number of guanidine groups is 1. The van der Waals surface area contributed by atoms with Crippen molar-refractivity contribution < 1.29 is 18.0 Å². The monoisotopic (exact) mass is 205 g/mol. The van der Waals surface area contributed by atoms with E-state index in [1.165, 1.54) is 0 Å². The zero-order valence-electron chi connectivity index (χ0n) is 6.70. The number of hydrogen-bond acceptors (Lipinski definition) is 4. The van der Waals surface area contributed by atoms with Crippen LogP contribution < -0.4 is 10.6 Å². The first-order valence-electron chi connectivity index (χ1n) is 3.26. The third-order valence-electron chi connectivity index (χ3n) is 1.09. The first kappa shape index (κ1) is 9.65. The van der Waals surface area contributed by atoms with E-state index in [0.717, 1.165) is 6.26 Å². The van der Waals surface area contributed by atoms with Crippen molar-refractivity contribution in [2.24, 2.45) is 4.40 Å². The molecule has 2 N–H and O–H groups in total. The van der Waals surface area contributed by atoms with Crippen molar-refractivity contribution in [2.45, 2.75) is 6.42 Å². The number of amides is 2. The maximum Gasteiger partial charge on any atom is 0.253 e. The fourth-order valence-corrected chi connectivity index (χ4v) is 1.16. The van der Waals surface area contributed by atoms with Crippen LogP contribution in [0.4, 0.5) is 0 Å². The first-order chi connectivity index (χ1) is 5.87. The Labute approximate surface area is 74.3 Å². The Morgan fingerprint density at radius 3 is 2.08 bits per heavy atom. The highest BCUT2D eigenvalue weighted by atomic mass is 32.2. The van der Waals surface area contributed by atoms with Crippen LogP contribution in [0.5, 0.6) is 0 Å². The lowest BCUT2D eigenvalue weighted by Gasteiger charge is -2.13. The molecule has 0 aromatic heterocycles. The molecule has 72 valence electrons. The van der Waals surface area contributed by atoms with Crippen LogP contribution >= 0.6 is 0 Å². The predicted octanol–water partition coefficient (Wildman–Crippen LogP) is -2.06. The van der Waals surface area contributed by atoms with E-state index in [0.29, 0.717) is 0 Å². The lowest BCUT2D eigenvalue weighted by Crippen LogP contribution is -2.51. The van der Waals surface area contributed by atoms with Crippen LogP contribution in [-0.4, -0.2) is 32.4 Å². The van der Waals surface area contributed by atoms with Crippen LogP contribution in [0.25, 0.3) is 0 Å². The first-order valence-corrected chi connectivity index (χ1v) is 5.11. The molecule has 0 aliphatic carbocycles. The molecule has 0 atom stereocenters. The van der Waals surface area contributed by atoms with Gasteiger partial charge in [0.15, 0.2) is 0 Å². The second kappa shape index (κ2) is 3.13. The Kier molecular flexibility index (Phi) is 2.32. The molecule has 1 aliphatic rings. The molecule has 2 amide bonds. The van der Waals surface area contributed by atoms with Gasteiger partial charge in [0.1, 0.15) is 6.42 Å². The van der Waals surface area contributed by atoms with Gasteiger partial charge in [0.2, 0.25) is 17.8 Å². The number of sulfonamides is 1. The van der Waals surface area contributed by atoms with Crippen molar-refractivity contribution >= 4 is 27.8 Å². The molecule has 1 fully saturated rings. The topological polar surface area (TPSA) is 105 Å². The van der Waals surface area contributed by atoms with Gasteiger partial charge >= 0.3 is 0 Å². The summed E-state index contributed by atoms with van der Waals surface area (Å²) in [7, 11) is -3.61. The van der Waals surface area contributed by atoms with Crippen molar-refractivity contribution in [3.63, 3.8) is 0 Å². The van der Waals surface area contributed by atoms with Gasteiger partial charge < -0.3 is 0 Å². The minimum Gasteiger partial charge on any atom is -0.295 e. The Morgan fingerprint density at radius 2 is 1.69 bits per heavy atom. The molecule has 0 saturated carbocycles. The van der Waals surface area contributed by atoms with Crippen LogP contribution in [0.1, 0.15) is 6.42 Å². The highest BCUT2D eigenvalue weighted by molar-refractivity contribution is 7.89. The summed E-state index contributed by atoms with van der Waals surface area (Å²) in [6, 6.07) is 0. The fourth-order valence-electron chi connectivity index (χ4n) is 0.741. The quantitative estimate of drug-likeness (QED) is 0.480. The van der Waals surface area contributed by atoms with Gasteiger partial charge in [-0.2, -0.15) is 0 Å². The van der Waals surface area contributed by atoms with Gasteiger partial charge in [-0.25, -0.2) is 8.42 Å². The molecule has 0 bridgehead atoms. The molecular weight excluding hydrogens is 198 g/mol. The molecule has 0 aromatic rings. The Bertz CT molecular complexity index is 365. The van der Waals surface area contributed by atoms with E-state index < -0.39 is 21.8 Å². The summed E-state index contributed by atoms with van der Waals surface area (Å²) in [5.74, 6) is -1.50. The van der Waals surface area contributed by atoms with Crippen molar-refractivity contribution in [1.29, 1.82) is 0 Å². The zero-order valence-corrected chi connectivity index (χ0v) is 7.51. The summed E-state index contributed by atoms with van der Waals surface area (Å²) >= 11 is 0. The van der Waals surface area contributed by atoms with Gasteiger partial charge in [-0.05, 0) is 0 Å². The minimum absolute atomic E-state index is 0.317. The lowest BCUT2D eigenvalue weighted by atomic mass is 10.3. The summed E-state index contributed by atoms with van der Waals surface area (Å²) in [6.07, 6.45) is 0.537. The molecule has 0 spiro atoms. The van der Waals surface area contributed by atoms with Gasteiger partial charge in [-0.15, -0.1) is 4.40 Å². The molecule has 7 nitrogen and oxygen atoms in total. The number of rotatable bonds is 1. The van der Waals surface area contributed by atoms with Crippen molar-refractivity contribution in [3.05, 3.63) is 0 Å². The highest BCUT2D eigenvalue weighted by Crippen LogP contribution is 1.91. The third-order valence-corrected chi connectivity index (χ3v) is 1.61. The largest absolute Gasteiger partial charge is 0.295 e. The second-order valence-corrected chi connectivity index (χ2v) is 4.09. The van der Waals surface area contributed by atoms with Crippen LogP contribution in [0, 0.1) is 0 Å². The predicted molar refractivity (Wildman–Crippen MR) is 43.2 cm³/mol. The Morgan fingerprint density at radius 1 is 1.23 bits per heavy atom. The number of hydrogen-bond donors (Lipinski definition) is 2. The van der Waals surface area contributed by atoms with Gasteiger partial charge in [0, 0.05) is 0 Å². The maximum absolute atomic E-state index is 10.7. The van der Waals surface area contributed by atoms with Crippen LogP contribution in [0.15, 0.2) is 4.40 Å². The summed E-state index contributed by atoms with van der Waals surface area (Å²) in [4.78, 5) is 21.4. The van der Waals surface area contributed by atoms with Crippen LogP contribution in [0.3, 0.4) is 0 Å². The summed E-state index contributed by atoms with van der Waals surface area (Å²) in [6.45, 7) is 0. The SMILES string of the molecule is CS(=O)(=O)N=C1NC(=O)CC(=O)N1. The van der Waals surface area contributed by atoms with E-state index in [1.54, 1.807) is 0 Å². The summed E-state index contributed by atoms with van der Waals surface area (Å²) < 4.78 is 24.3.